The van der Waals surface area contributed by atoms with E-state index in [0.29, 0.717) is 38.4 Å². The number of piperazine rings is 1. The topological polar surface area (TPSA) is 70.2 Å². The molecule has 1 aromatic rings. The van der Waals surface area contributed by atoms with E-state index >= 15 is 0 Å². The van der Waals surface area contributed by atoms with Gasteiger partial charge in [0.2, 0.25) is 15.9 Å². The third-order valence-corrected chi connectivity index (χ3v) is 9.37. The molecule has 1 aliphatic carbocycles. The SMILES string of the molecule is COc1ccccc1N1CCN(C(=O)CCCS(=O)(=O)N2CCCC3CCCCC32)CC1. The van der Waals surface area contributed by atoms with E-state index in [1.807, 2.05) is 29.2 Å². The van der Waals surface area contributed by atoms with E-state index in [9.17, 15) is 13.2 Å². The summed E-state index contributed by atoms with van der Waals surface area (Å²) in [4.78, 5) is 16.8. The quantitative estimate of drug-likeness (QED) is 0.621. The second kappa shape index (κ2) is 10.4. The van der Waals surface area contributed by atoms with Gasteiger partial charge in [-0.2, -0.15) is 4.31 Å². The summed E-state index contributed by atoms with van der Waals surface area (Å²) in [5.41, 5.74) is 1.05. The van der Waals surface area contributed by atoms with Crippen molar-refractivity contribution in [2.75, 3.05) is 50.5 Å². The van der Waals surface area contributed by atoms with Crippen LogP contribution in [0.5, 0.6) is 5.75 Å². The number of amides is 1. The monoisotopic (exact) mass is 463 g/mol. The number of rotatable bonds is 7. The predicted octanol–water partition coefficient (Wildman–Crippen LogP) is 3.11. The Bertz CT molecular complexity index is 881. The fourth-order valence-corrected chi connectivity index (χ4v) is 7.53. The molecule has 2 atom stereocenters. The third-order valence-electron chi connectivity index (χ3n) is 7.40. The molecule has 7 nitrogen and oxygen atoms in total. The summed E-state index contributed by atoms with van der Waals surface area (Å²) in [6, 6.07) is 8.13. The Labute approximate surface area is 192 Å². The number of benzene rings is 1. The molecule has 32 heavy (non-hydrogen) atoms. The molecular formula is C24H37N3O4S. The standard InChI is InChI=1S/C24H37N3O4S/c1-31-23-12-5-4-11-22(23)25-15-17-26(18-16-25)24(28)13-7-19-32(29,30)27-14-6-9-20-8-2-3-10-21(20)27/h4-5,11-12,20-21H,2-3,6-10,13-19H2,1H3. The fraction of sp³-hybridized carbons (Fsp3) is 0.708. The number of carbonyl (C=O) groups excluding carboxylic acids is 1. The second-order valence-corrected chi connectivity index (χ2v) is 11.4. The molecule has 0 spiro atoms. The third kappa shape index (κ3) is 5.22. The highest BCUT2D eigenvalue weighted by atomic mass is 32.2. The highest BCUT2D eigenvalue weighted by Gasteiger charge is 2.39. The van der Waals surface area contributed by atoms with Gasteiger partial charge in [0.05, 0.1) is 18.6 Å². The van der Waals surface area contributed by atoms with Crippen molar-refractivity contribution >= 4 is 21.6 Å². The molecule has 0 N–H and O–H groups in total. The van der Waals surface area contributed by atoms with E-state index in [1.165, 1.54) is 6.42 Å². The van der Waals surface area contributed by atoms with Crippen molar-refractivity contribution in [1.82, 2.24) is 9.21 Å². The lowest BCUT2D eigenvalue weighted by Gasteiger charge is -2.43. The van der Waals surface area contributed by atoms with Crippen LogP contribution in [0, 0.1) is 5.92 Å². The molecule has 3 fully saturated rings. The molecule has 3 aliphatic rings. The average Bonchev–Trinajstić information content (AvgIpc) is 2.83. The van der Waals surface area contributed by atoms with Gasteiger partial charge in [-0.05, 0) is 50.2 Å². The zero-order valence-corrected chi connectivity index (χ0v) is 20.1. The van der Waals surface area contributed by atoms with E-state index in [0.717, 1.165) is 56.6 Å². The maximum atomic E-state index is 13.0. The lowest BCUT2D eigenvalue weighted by atomic mass is 9.79. The summed E-state index contributed by atoms with van der Waals surface area (Å²) in [5, 5.41) is 0. The van der Waals surface area contributed by atoms with Crippen LogP contribution in [0.15, 0.2) is 24.3 Å². The first-order valence-corrected chi connectivity index (χ1v) is 13.8. The van der Waals surface area contributed by atoms with Crippen LogP contribution in [0.2, 0.25) is 0 Å². The van der Waals surface area contributed by atoms with Gasteiger partial charge in [-0.15, -0.1) is 0 Å². The van der Waals surface area contributed by atoms with Crippen molar-refractivity contribution < 1.29 is 17.9 Å². The normalized spacial score (nSPS) is 24.8. The van der Waals surface area contributed by atoms with E-state index in [-0.39, 0.29) is 17.7 Å². The summed E-state index contributed by atoms with van der Waals surface area (Å²) in [6.45, 7) is 3.46. The highest BCUT2D eigenvalue weighted by Crippen LogP contribution is 2.37. The maximum Gasteiger partial charge on any atom is 0.222 e. The van der Waals surface area contributed by atoms with Crippen molar-refractivity contribution in [3.05, 3.63) is 24.3 Å². The van der Waals surface area contributed by atoms with Gasteiger partial charge in [-0.3, -0.25) is 4.79 Å². The molecule has 1 aromatic carbocycles. The van der Waals surface area contributed by atoms with Gasteiger partial charge in [0, 0.05) is 45.2 Å². The second-order valence-electron chi connectivity index (χ2n) is 9.32. The van der Waals surface area contributed by atoms with Crippen LogP contribution < -0.4 is 9.64 Å². The fourth-order valence-electron chi connectivity index (χ4n) is 5.69. The van der Waals surface area contributed by atoms with Crippen molar-refractivity contribution in [3.8, 4) is 5.75 Å². The number of fused-ring (bicyclic) bond motifs is 1. The molecule has 4 rings (SSSR count). The largest absolute Gasteiger partial charge is 0.495 e. The molecule has 2 unspecified atom stereocenters. The van der Waals surface area contributed by atoms with Gasteiger partial charge in [0.1, 0.15) is 5.75 Å². The Morgan fingerprint density at radius 2 is 1.72 bits per heavy atom. The van der Waals surface area contributed by atoms with Gasteiger partial charge < -0.3 is 14.5 Å². The molecule has 2 heterocycles. The first-order chi connectivity index (χ1) is 15.5. The number of sulfonamides is 1. The van der Waals surface area contributed by atoms with E-state index in [1.54, 1.807) is 11.4 Å². The number of nitrogens with zero attached hydrogens (tertiary/aromatic N) is 3. The van der Waals surface area contributed by atoms with Crippen LogP contribution in [-0.4, -0.2) is 75.2 Å². The zero-order valence-electron chi connectivity index (χ0n) is 19.2. The summed E-state index contributed by atoms with van der Waals surface area (Å²) in [7, 11) is -1.62. The minimum Gasteiger partial charge on any atom is -0.495 e. The van der Waals surface area contributed by atoms with Crippen molar-refractivity contribution in [3.63, 3.8) is 0 Å². The van der Waals surface area contributed by atoms with Gasteiger partial charge in [0.15, 0.2) is 0 Å². The Balaban J connectivity index is 1.25. The molecule has 1 amide bonds. The van der Waals surface area contributed by atoms with Crippen molar-refractivity contribution in [2.45, 2.75) is 57.4 Å². The highest BCUT2D eigenvalue weighted by molar-refractivity contribution is 7.89. The maximum absolute atomic E-state index is 13.0. The van der Waals surface area contributed by atoms with Gasteiger partial charge >= 0.3 is 0 Å². The first kappa shape index (κ1) is 23.4. The van der Waals surface area contributed by atoms with Crippen LogP contribution in [0.25, 0.3) is 0 Å². The number of para-hydroxylation sites is 2. The first-order valence-electron chi connectivity index (χ1n) is 12.1. The molecule has 178 valence electrons. The summed E-state index contributed by atoms with van der Waals surface area (Å²) in [6.07, 6.45) is 7.36. The van der Waals surface area contributed by atoms with Crippen LogP contribution in [0.3, 0.4) is 0 Å². The molecule has 2 saturated heterocycles. The zero-order chi connectivity index (χ0) is 22.6. The summed E-state index contributed by atoms with van der Waals surface area (Å²) < 4.78 is 33.3. The molecule has 0 aromatic heterocycles. The van der Waals surface area contributed by atoms with Crippen LogP contribution in [-0.2, 0) is 14.8 Å². The number of hydrogen-bond donors (Lipinski definition) is 0. The summed E-state index contributed by atoms with van der Waals surface area (Å²) >= 11 is 0. The van der Waals surface area contributed by atoms with Crippen molar-refractivity contribution in [2.24, 2.45) is 5.92 Å². The molecular weight excluding hydrogens is 426 g/mol. The number of ether oxygens (including phenoxy) is 1. The smallest absolute Gasteiger partial charge is 0.222 e. The minimum absolute atomic E-state index is 0.0639. The van der Waals surface area contributed by atoms with Crippen LogP contribution in [0.1, 0.15) is 51.4 Å². The van der Waals surface area contributed by atoms with Gasteiger partial charge in [-0.1, -0.05) is 25.0 Å². The lowest BCUT2D eigenvalue weighted by Crippen LogP contribution is -2.50. The minimum atomic E-state index is -3.29. The predicted molar refractivity (Wildman–Crippen MR) is 126 cm³/mol. The number of anilines is 1. The number of hydrogen-bond acceptors (Lipinski definition) is 5. The average molecular weight is 464 g/mol. The number of piperidine rings is 1. The molecule has 0 bridgehead atoms. The van der Waals surface area contributed by atoms with Gasteiger partial charge in [0.25, 0.3) is 0 Å². The van der Waals surface area contributed by atoms with E-state index in [4.69, 9.17) is 4.74 Å². The molecule has 1 saturated carbocycles. The van der Waals surface area contributed by atoms with E-state index in [2.05, 4.69) is 4.90 Å². The lowest BCUT2D eigenvalue weighted by molar-refractivity contribution is -0.131. The van der Waals surface area contributed by atoms with Gasteiger partial charge in [-0.25, -0.2) is 8.42 Å². The summed E-state index contributed by atoms with van der Waals surface area (Å²) in [5.74, 6) is 1.53. The Morgan fingerprint density at radius 1 is 1.00 bits per heavy atom. The van der Waals surface area contributed by atoms with Crippen LogP contribution in [0.4, 0.5) is 5.69 Å². The van der Waals surface area contributed by atoms with Crippen LogP contribution >= 0.6 is 0 Å². The number of carbonyl (C=O) groups is 1. The molecule has 8 heteroatoms. The van der Waals surface area contributed by atoms with Crippen molar-refractivity contribution in [1.29, 1.82) is 0 Å². The Morgan fingerprint density at radius 3 is 2.50 bits per heavy atom. The number of methoxy groups -OCH3 is 1. The molecule has 0 radical (unpaired) electrons. The Hall–Kier alpha value is -1.80. The van der Waals surface area contributed by atoms with E-state index < -0.39 is 10.0 Å². The molecule has 2 aliphatic heterocycles. The Kier molecular flexibility index (Phi) is 7.61.